The lowest BCUT2D eigenvalue weighted by molar-refractivity contribution is 0.414. The minimum atomic E-state index is 0.210. The fourth-order valence-electron chi connectivity index (χ4n) is 4.18. The Morgan fingerprint density at radius 1 is 0.543 bits per heavy atom. The zero-order valence-corrected chi connectivity index (χ0v) is 24.5. The lowest BCUT2D eigenvalue weighted by atomic mass is 10.1. The van der Waals surface area contributed by atoms with E-state index >= 15 is 0 Å². The van der Waals surface area contributed by atoms with Crippen LogP contribution in [0.3, 0.4) is 0 Å². The van der Waals surface area contributed by atoms with E-state index in [0.717, 1.165) is 32.7 Å². The number of hydrogen-bond acceptors (Lipinski definition) is 5. The van der Waals surface area contributed by atoms with E-state index in [9.17, 15) is 0 Å². The van der Waals surface area contributed by atoms with Crippen molar-refractivity contribution in [3.05, 3.63) is 12.2 Å². The standard InChI is InChI=1S/C30H65N5/c1-6-7-8-9-10-11-12-13-14-15-16-17-18-19-20-21-22-32-24-28(3)34-26-30(5)35-25-29(4)33-23-27(2)31/h13-14,27-30,32-35H,6-12,15-26,31H2,1-5H3/b14-13-. The van der Waals surface area contributed by atoms with Crippen LogP contribution >= 0.6 is 0 Å². The second kappa shape index (κ2) is 26.6. The van der Waals surface area contributed by atoms with Crippen LogP contribution in [0.5, 0.6) is 0 Å². The molecule has 0 saturated carbocycles. The van der Waals surface area contributed by atoms with Crippen molar-refractivity contribution in [3.8, 4) is 0 Å². The molecule has 5 heteroatoms. The fraction of sp³-hybridized carbons (Fsp3) is 0.933. The van der Waals surface area contributed by atoms with E-state index in [1.807, 2.05) is 6.92 Å². The van der Waals surface area contributed by atoms with Crippen molar-refractivity contribution in [1.29, 1.82) is 0 Å². The van der Waals surface area contributed by atoms with E-state index < -0.39 is 0 Å². The average Bonchev–Trinajstić information content (AvgIpc) is 2.84. The van der Waals surface area contributed by atoms with Crippen molar-refractivity contribution >= 4 is 0 Å². The highest BCUT2D eigenvalue weighted by atomic mass is 15.0. The van der Waals surface area contributed by atoms with Gasteiger partial charge in [0.15, 0.2) is 0 Å². The summed E-state index contributed by atoms with van der Waals surface area (Å²) >= 11 is 0. The summed E-state index contributed by atoms with van der Waals surface area (Å²) in [6, 6.07) is 1.62. The molecule has 0 heterocycles. The Morgan fingerprint density at radius 3 is 1.49 bits per heavy atom. The smallest absolute Gasteiger partial charge is 0.0164 e. The maximum absolute atomic E-state index is 5.80. The zero-order valence-electron chi connectivity index (χ0n) is 24.5. The molecule has 0 radical (unpaired) electrons. The van der Waals surface area contributed by atoms with Gasteiger partial charge in [-0.3, -0.25) is 0 Å². The van der Waals surface area contributed by atoms with Crippen molar-refractivity contribution in [2.45, 2.75) is 149 Å². The lowest BCUT2D eigenvalue weighted by Crippen LogP contribution is -2.47. The van der Waals surface area contributed by atoms with E-state index in [4.69, 9.17) is 5.73 Å². The minimum absolute atomic E-state index is 0.210. The van der Waals surface area contributed by atoms with Gasteiger partial charge in [0, 0.05) is 50.3 Å². The van der Waals surface area contributed by atoms with Crippen molar-refractivity contribution in [1.82, 2.24) is 21.3 Å². The molecular formula is C30H65N5. The molecule has 0 aromatic heterocycles. The Morgan fingerprint density at radius 2 is 0.971 bits per heavy atom. The summed E-state index contributed by atoms with van der Waals surface area (Å²) < 4.78 is 0. The number of nitrogens with one attached hydrogen (secondary N) is 4. The monoisotopic (exact) mass is 496 g/mol. The Kier molecular flexibility index (Phi) is 26.2. The third-order valence-electron chi connectivity index (χ3n) is 6.65. The van der Waals surface area contributed by atoms with Crippen LogP contribution in [-0.4, -0.2) is 56.9 Å². The molecular weight excluding hydrogens is 430 g/mol. The van der Waals surface area contributed by atoms with Gasteiger partial charge in [0.1, 0.15) is 0 Å². The SMILES string of the molecule is CCCCCCCC/C=C\CCCCCCCCNCC(C)NCC(C)NCC(C)NCC(C)N. The van der Waals surface area contributed by atoms with Crippen LogP contribution in [0.15, 0.2) is 12.2 Å². The normalized spacial score (nSPS) is 15.5. The summed E-state index contributed by atoms with van der Waals surface area (Å²) in [7, 11) is 0. The molecule has 0 spiro atoms. The quantitative estimate of drug-likeness (QED) is 0.0725. The first-order valence-electron chi connectivity index (χ1n) is 15.3. The third kappa shape index (κ3) is 28.0. The van der Waals surface area contributed by atoms with Crippen molar-refractivity contribution in [2.75, 3.05) is 32.7 Å². The summed E-state index contributed by atoms with van der Waals surface area (Å²) in [5.41, 5.74) is 5.80. The average molecular weight is 496 g/mol. The van der Waals surface area contributed by atoms with Crippen LogP contribution in [0, 0.1) is 0 Å². The highest BCUT2D eigenvalue weighted by Crippen LogP contribution is 2.09. The van der Waals surface area contributed by atoms with E-state index in [1.54, 1.807) is 0 Å². The topological polar surface area (TPSA) is 74.1 Å². The van der Waals surface area contributed by atoms with Crippen LogP contribution in [-0.2, 0) is 0 Å². The van der Waals surface area contributed by atoms with Crippen LogP contribution < -0.4 is 27.0 Å². The summed E-state index contributed by atoms with van der Waals surface area (Å²) in [5.74, 6) is 0. The minimum Gasteiger partial charge on any atom is -0.327 e. The van der Waals surface area contributed by atoms with Gasteiger partial charge in [-0.25, -0.2) is 0 Å². The van der Waals surface area contributed by atoms with E-state index in [0.29, 0.717) is 18.1 Å². The molecule has 0 aromatic rings. The molecule has 0 aliphatic rings. The Balaban J connectivity index is 3.36. The van der Waals surface area contributed by atoms with Crippen molar-refractivity contribution < 1.29 is 0 Å². The van der Waals surface area contributed by atoms with Gasteiger partial charge in [0.25, 0.3) is 0 Å². The third-order valence-corrected chi connectivity index (χ3v) is 6.65. The Labute approximate surface area is 220 Å². The van der Waals surface area contributed by atoms with E-state index in [1.165, 1.54) is 89.9 Å². The van der Waals surface area contributed by atoms with E-state index in [2.05, 4.69) is 61.1 Å². The number of rotatable bonds is 27. The summed E-state index contributed by atoms with van der Waals surface area (Å²) in [5, 5.41) is 14.3. The van der Waals surface area contributed by atoms with Gasteiger partial charge in [0.05, 0.1) is 0 Å². The molecule has 0 saturated heterocycles. The maximum Gasteiger partial charge on any atom is 0.0164 e. The molecule has 0 aliphatic heterocycles. The first kappa shape index (κ1) is 34.5. The van der Waals surface area contributed by atoms with Crippen LogP contribution in [0.1, 0.15) is 125 Å². The van der Waals surface area contributed by atoms with E-state index in [-0.39, 0.29) is 6.04 Å². The summed E-state index contributed by atoms with van der Waals surface area (Å²) in [4.78, 5) is 0. The number of unbranched alkanes of at least 4 members (excludes halogenated alkanes) is 12. The maximum atomic E-state index is 5.80. The highest BCUT2D eigenvalue weighted by Gasteiger charge is 2.07. The predicted octanol–water partition coefficient (Wildman–Crippen LogP) is 5.90. The van der Waals surface area contributed by atoms with Crippen LogP contribution in [0.4, 0.5) is 0 Å². The number of hydrogen-bond donors (Lipinski definition) is 5. The Bertz CT molecular complexity index is 440. The van der Waals surface area contributed by atoms with Crippen LogP contribution in [0.25, 0.3) is 0 Å². The fourth-order valence-corrected chi connectivity index (χ4v) is 4.18. The second-order valence-corrected chi connectivity index (χ2v) is 11.0. The molecule has 35 heavy (non-hydrogen) atoms. The number of allylic oxidation sites excluding steroid dienone is 2. The molecule has 0 fully saturated rings. The van der Waals surface area contributed by atoms with Gasteiger partial charge < -0.3 is 27.0 Å². The largest absolute Gasteiger partial charge is 0.327 e. The lowest BCUT2D eigenvalue weighted by Gasteiger charge is -2.22. The van der Waals surface area contributed by atoms with Crippen molar-refractivity contribution in [2.24, 2.45) is 5.73 Å². The molecule has 5 nitrogen and oxygen atoms in total. The van der Waals surface area contributed by atoms with Crippen LogP contribution in [0.2, 0.25) is 0 Å². The molecule has 0 aliphatic carbocycles. The summed E-state index contributed by atoms with van der Waals surface area (Å²) in [6.07, 6.45) is 24.0. The van der Waals surface area contributed by atoms with Gasteiger partial charge in [0.2, 0.25) is 0 Å². The predicted molar refractivity (Wildman–Crippen MR) is 158 cm³/mol. The van der Waals surface area contributed by atoms with Crippen molar-refractivity contribution in [3.63, 3.8) is 0 Å². The second-order valence-electron chi connectivity index (χ2n) is 11.0. The molecule has 210 valence electrons. The molecule has 0 rings (SSSR count). The molecule has 4 atom stereocenters. The molecule has 4 unspecified atom stereocenters. The molecule has 6 N–H and O–H groups in total. The molecule has 0 aromatic carbocycles. The van der Waals surface area contributed by atoms with Gasteiger partial charge in [-0.2, -0.15) is 0 Å². The zero-order chi connectivity index (χ0) is 26.0. The highest BCUT2D eigenvalue weighted by molar-refractivity contribution is 4.81. The van der Waals surface area contributed by atoms with Gasteiger partial charge >= 0.3 is 0 Å². The van der Waals surface area contributed by atoms with Gasteiger partial charge in [-0.15, -0.1) is 0 Å². The number of nitrogens with two attached hydrogens (primary N) is 1. The summed E-state index contributed by atoms with van der Waals surface area (Å²) in [6.45, 7) is 16.1. The Hall–Kier alpha value is -0.460. The van der Waals surface area contributed by atoms with Gasteiger partial charge in [-0.1, -0.05) is 76.9 Å². The molecule has 0 amide bonds. The first-order valence-corrected chi connectivity index (χ1v) is 15.3. The molecule has 0 bridgehead atoms. The first-order chi connectivity index (χ1) is 17.0. The van der Waals surface area contributed by atoms with Gasteiger partial charge in [-0.05, 0) is 66.3 Å².